The number of carbonyl (C=O) groups is 2. The lowest BCUT2D eigenvalue weighted by atomic mass is 10.0. The second-order valence-corrected chi connectivity index (χ2v) is 9.72. The predicted molar refractivity (Wildman–Crippen MR) is 110 cm³/mol. The largest absolute Gasteiger partial charge is 0.365 e. The van der Waals surface area contributed by atoms with Crippen molar-refractivity contribution in [1.82, 2.24) is 0 Å². The van der Waals surface area contributed by atoms with E-state index in [9.17, 15) is 18.0 Å². The quantitative estimate of drug-likeness (QED) is 0.620. The maximum atomic E-state index is 12.3. The normalized spacial score (nSPS) is 11.3. The summed E-state index contributed by atoms with van der Waals surface area (Å²) in [5, 5.41) is 2.85. The van der Waals surface area contributed by atoms with E-state index in [4.69, 9.17) is 5.73 Å². The van der Waals surface area contributed by atoms with Gasteiger partial charge in [-0.15, -0.1) is 11.3 Å². The Labute approximate surface area is 163 Å². The van der Waals surface area contributed by atoms with Crippen molar-refractivity contribution in [2.45, 2.75) is 33.1 Å². The van der Waals surface area contributed by atoms with Crippen molar-refractivity contribution in [3.05, 3.63) is 40.8 Å². The molecule has 0 aliphatic carbocycles. The van der Waals surface area contributed by atoms with Gasteiger partial charge in [-0.05, 0) is 18.9 Å². The van der Waals surface area contributed by atoms with E-state index < -0.39 is 27.4 Å². The molecule has 1 aromatic heterocycles. The summed E-state index contributed by atoms with van der Waals surface area (Å²) in [7, 11) is -3.49. The summed E-state index contributed by atoms with van der Waals surface area (Å²) in [6, 6.07) is 9.26. The lowest BCUT2D eigenvalue weighted by molar-refractivity contribution is -0.113. The summed E-state index contributed by atoms with van der Waals surface area (Å²) in [6.07, 6.45) is 2.24. The Morgan fingerprint density at radius 1 is 1.15 bits per heavy atom. The Morgan fingerprint density at radius 3 is 2.41 bits per heavy atom. The van der Waals surface area contributed by atoms with Gasteiger partial charge in [-0.25, -0.2) is 8.42 Å². The first-order valence-electron chi connectivity index (χ1n) is 8.74. The molecule has 6 nitrogen and oxygen atoms in total. The number of nitrogens with two attached hydrogens (primary N) is 1. The van der Waals surface area contributed by atoms with Crippen molar-refractivity contribution < 1.29 is 18.0 Å². The molecule has 2 rings (SSSR count). The summed E-state index contributed by atoms with van der Waals surface area (Å²) < 4.78 is 24.1. The van der Waals surface area contributed by atoms with Gasteiger partial charge in [-0.1, -0.05) is 50.1 Å². The average molecular weight is 409 g/mol. The Balaban J connectivity index is 2.24. The number of hydrogen-bond acceptors (Lipinski definition) is 5. The average Bonchev–Trinajstić information content (AvgIpc) is 2.91. The molecule has 27 heavy (non-hydrogen) atoms. The highest BCUT2D eigenvalue weighted by molar-refractivity contribution is 7.92. The molecule has 1 heterocycles. The summed E-state index contributed by atoms with van der Waals surface area (Å²) in [5.41, 5.74) is 7.23. The fourth-order valence-electron chi connectivity index (χ4n) is 2.83. The number of primary amides is 1. The number of unbranched alkanes of at least 4 members (excludes halogenated alkanes) is 2. The van der Waals surface area contributed by atoms with Gasteiger partial charge >= 0.3 is 0 Å². The highest BCUT2D eigenvalue weighted by Gasteiger charge is 2.24. The molecule has 3 N–H and O–H groups in total. The Hall–Kier alpha value is -2.19. The maximum absolute atomic E-state index is 12.3. The summed E-state index contributed by atoms with van der Waals surface area (Å²) in [5.74, 6) is -1.95. The van der Waals surface area contributed by atoms with Crippen molar-refractivity contribution in [2.75, 3.05) is 16.8 Å². The standard InChI is InChI=1S/C19H24N2O4S2/c1-3-4-8-11-27(24,25)12-15(22)21-19-17(18(20)23)16(13(2)26-19)14-9-6-5-7-10-14/h5-7,9-10H,3-4,8,11-12H2,1-2H3,(H2,20,23)(H,21,22). The van der Waals surface area contributed by atoms with Crippen LogP contribution in [0.5, 0.6) is 0 Å². The van der Waals surface area contributed by atoms with Gasteiger partial charge in [0.05, 0.1) is 11.3 Å². The molecule has 8 heteroatoms. The van der Waals surface area contributed by atoms with Gasteiger partial charge in [0.2, 0.25) is 5.91 Å². The van der Waals surface area contributed by atoms with Gasteiger partial charge in [-0.3, -0.25) is 9.59 Å². The van der Waals surface area contributed by atoms with Crippen LogP contribution in [-0.4, -0.2) is 31.7 Å². The molecular weight excluding hydrogens is 384 g/mol. The first kappa shape index (κ1) is 21.1. The van der Waals surface area contributed by atoms with Gasteiger partial charge < -0.3 is 11.1 Å². The minimum atomic E-state index is -3.49. The molecule has 0 bridgehead atoms. The molecule has 0 radical (unpaired) electrons. The second kappa shape index (κ2) is 9.14. The molecule has 0 saturated carbocycles. The van der Waals surface area contributed by atoms with E-state index in [-0.39, 0.29) is 16.3 Å². The molecule has 0 unspecified atom stereocenters. The zero-order valence-corrected chi connectivity index (χ0v) is 17.1. The molecule has 1 aromatic carbocycles. The van der Waals surface area contributed by atoms with Gasteiger partial charge in [-0.2, -0.15) is 0 Å². The van der Waals surface area contributed by atoms with Crippen molar-refractivity contribution in [3.8, 4) is 11.1 Å². The molecule has 2 amide bonds. The number of rotatable bonds is 9. The van der Waals surface area contributed by atoms with Crippen LogP contribution >= 0.6 is 11.3 Å². The van der Waals surface area contributed by atoms with Crippen LogP contribution in [0.1, 0.15) is 41.4 Å². The molecule has 0 saturated heterocycles. The zero-order valence-electron chi connectivity index (χ0n) is 15.4. The van der Waals surface area contributed by atoms with E-state index >= 15 is 0 Å². The number of benzene rings is 1. The fourth-order valence-corrected chi connectivity index (χ4v) is 5.18. The van der Waals surface area contributed by atoms with Crippen LogP contribution in [0.25, 0.3) is 11.1 Å². The third-order valence-electron chi connectivity index (χ3n) is 4.06. The van der Waals surface area contributed by atoms with Crippen LogP contribution in [0.2, 0.25) is 0 Å². The Morgan fingerprint density at radius 2 is 1.81 bits per heavy atom. The molecule has 0 fully saturated rings. The van der Waals surface area contributed by atoms with E-state index in [0.717, 1.165) is 23.3 Å². The number of thiophene rings is 1. The van der Waals surface area contributed by atoms with E-state index in [1.165, 1.54) is 11.3 Å². The zero-order chi connectivity index (χ0) is 20.0. The van der Waals surface area contributed by atoms with Crippen LogP contribution < -0.4 is 11.1 Å². The highest BCUT2D eigenvalue weighted by Crippen LogP contribution is 2.39. The number of hydrogen-bond donors (Lipinski definition) is 2. The predicted octanol–water partition coefficient (Wildman–Crippen LogP) is 3.37. The number of amides is 2. The molecule has 0 spiro atoms. The number of aryl methyl sites for hydroxylation is 1. The van der Waals surface area contributed by atoms with E-state index in [0.29, 0.717) is 12.0 Å². The van der Waals surface area contributed by atoms with Crippen molar-refractivity contribution in [2.24, 2.45) is 5.73 Å². The van der Waals surface area contributed by atoms with Crippen molar-refractivity contribution in [3.63, 3.8) is 0 Å². The van der Waals surface area contributed by atoms with Crippen LogP contribution in [0.15, 0.2) is 30.3 Å². The molecule has 0 aliphatic rings. The molecule has 0 atom stereocenters. The number of anilines is 1. The summed E-state index contributed by atoms with van der Waals surface area (Å²) >= 11 is 1.21. The number of carbonyl (C=O) groups excluding carboxylic acids is 2. The topological polar surface area (TPSA) is 106 Å². The third kappa shape index (κ3) is 5.64. The SMILES string of the molecule is CCCCCS(=O)(=O)CC(=O)Nc1sc(C)c(-c2ccccc2)c1C(N)=O. The lowest BCUT2D eigenvalue weighted by Gasteiger charge is -2.07. The number of nitrogens with one attached hydrogen (secondary N) is 1. The molecule has 146 valence electrons. The van der Waals surface area contributed by atoms with Crippen molar-refractivity contribution in [1.29, 1.82) is 0 Å². The van der Waals surface area contributed by atoms with Crippen LogP contribution in [-0.2, 0) is 14.6 Å². The highest BCUT2D eigenvalue weighted by atomic mass is 32.2. The molecule has 0 aliphatic heterocycles. The lowest BCUT2D eigenvalue weighted by Crippen LogP contribution is -2.25. The van der Waals surface area contributed by atoms with Crippen molar-refractivity contribution >= 4 is 38.0 Å². The van der Waals surface area contributed by atoms with E-state index in [2.05, 4.69) is 5.32 Å². The third-order valence-corrected chi connectivity index (χ3v) is 6.69. The van der Waals surface area contributed by atoms with E-state index in [1.807, 2.05) is 44.2 Å². The second-order valence-electron chi connectivity index (χ2n) is 6.31. The first-order chi connectivity index (χ1) is 12.7. The smallest absolute Gasteiger partial charge is 0.252 e. The van der Waals surface area contributed by atoms with E-state index in [1.54, 1.807) is 0 Å². The Bertz CT molecular complexity index is 919. The number of sulfone groups is 1. The molecular formula is C19H24N2O4S2. The van der Waals surface area contributed by atoms with Crippen LogP contribution in [0, 0.1) is 6.92 Å². The van der Waals surface area contributed by atoms with Crippen LogP contribution in [0.4, 0.5) is 5.00 Å². The Kier molecular flexibility index (Phi) is 7.15. The minimum Gasteiger partial charge on any atom is -0.365 e. The summed E-state index contributed by atoms with van der Waals surface area (Å²) in [6.45, 7) is 3.81. The first-order valence-corrected chi connectivity index (χ1v) is 11.4. The monoisotopic (exact) mass is 408 g/mol. The molecule has 2 aromatic rings. The van der Waals surface area contributed by atoms with Crippen LogP contribution in [0.3, 0.4) is 0 Å². The van der Waals surface area contributed by atoms with Gasteiger partial charge in [0.1, 0.15) is 10.8 Å². The van der Waals surface area contributed by atoms with Gasteiger partial charge in [0.15, 0.2) is 9.84 Å². The maximum Gasteiger partial charge on any atom is 0.252 e. The fraction of sp³-hybridized carbons (Fsp3) is 0.368. The van der Waals surface area contributed by atoms with Gasteiger partial charge in [0.25, 0.3) is 5.91 Å². The minimum absolute atomic E-state index is 0.0182. The van der Waals surface area contributed by atoms with Gasteiger partial charge in [0, 0.05) is 10.4 Å². The summed E-state index contributed by atoms with van der Waals surface area (Å²) in [4.78, 5) is 25.1.